The van der Waals surface area contributed by atoms with Gasteiger partial charge in [0, 0.05) is 12.6 Å². The molecule has 1 N–H and O–H groups in total. The molecule has 1 aromatic heterocycles. The molecule has 0 saturated heterocycles. The Balaban J connectivity index is 1.56. The van der Waals surface area contributed by atoms with E-state index in [0.29, 0.717) is 11.6 Å². The normalized spacial score (nSPS) is 11.4. The van der Waals surface area contributed by atoms with Crippen LogP contribution >= 0.6 is 0 Å². The van der Waals surface area contributed by atoms with Gasteiger partial charge in [-0.05, 0) is 36.4 Å². The van der Waals surface area contributed by atoms with Gasteiger partial charge in [-0.2, -0.15) is 9.29 Å². The van der Waals surface area contributed by atoms with Crippen LogP contribution in [0.3, 0.4) is 0 Å². The van der Waals surface area contributed by atoms with Gasteiger partial charge in [0.25, 0.3) is 0 Å². The Hall–Kier alpha value is -3.24. The quantitative estimate of drug-likeness (QED) is 0.594. The Kier molecular flexibility index (Phi) is 6.25. The van der Waals surface area contributed by atoms with Crippen molar-refractivity contribution in [1.29, 1.82) is 0 Å². The van der Waals surface area contributed by atoms with E-state index >= 15 is 0 Å². The van der Waals surface area contributed by atoms with Gasteiger partial charge in [0.2, 0.25) is 27.6 Å². The first kappa shape index (κ1) is 20.5. The predicted molar refractivity (Wildman–Crippen MR) is 104 cm³/mol. The lowest BCUT2D eigenvalue weighted by molar-refractivity contribution is -0.121. The molecule has 2 aromatic carbocycles. The molecule has 1 heterocycles. The maximum atomic E-state index is 12.4. The van der Waals surface area contributed by atoms with E-state index in [-0.39, 0.29) is 23.9 Å². The molecular weight excluding hydrogens is 396 g/mol. The number of rotatable bonds is 8. The molecule has 0 unspecified atom stereocenters. The third-order valence-corrected chi connectivity index (χ3v) is 5.89. The number of hydrogen-bond donors (Lipinski definition) is 1. The maximum absolute atomic E-state index is 12.4. The fraction of sp³-hybridized carbons (Fsp3) is 0.211. The van der Waals surface area contributed by atoms with Crippen LogP contribution in [-0.4, -0.2) is 49.5 Å². The van der Waals surface area contributed by atoms with E-state index in [2.05, 4.69) is 15.5 Å². The van der Waals surface area contributed by atoms with Crippen LogP contribution in [-0.2, 0) is 21.4 Å². The van der Waals surface area contributed by atoms with Crippen molar-refractivity contribution in [2.75, 3.05) is 20.7 Å². The Labute approximate surface area is 168 Å². The molecule has 0 aliphatic heterocycles. The summed E-state index contributed by atoms with van der Waals surface area (Å²) >= 11 is 0. The summed E-state index contributed by atoms with van der Waals surface area (Å²) in [4.78, 5) is 16.5. The molecule has 9 nitrogen and oxygen atoms in total. The summed E-state index contributed by atoms with van der Waals surface area (Å²) in [6.45, 7) is -0.349. The van der Waals surface area contributed by atoms with Crippen molar-refractivity contribution in [3.63, 3.8) is 0 Å². The van der Waals surface area contributed by atoms with E-state index in [4.69, 9.17) is 9.26 Å². The molecule has 0 bridgehead atoms. The highest BCUT2D eigenvalue weighted by atomic mass is 32.2. The van der Waals surface area contributed by atoms with Gasteiger partial charge in [-0.15, -0.1) is 0 Å². The van der Waals surface area contributed by atoms with Gasteiger partial charge in [-0.1, -0.05) is 23.4 Å². The first-order chi connectivity index (χ1) is 13.9. The number of likely N-dealkylation sites (N-methyl/N-ethyl adjacent to an activating group) is 1. The van der Waals surface area contributed by atoms with Crippen molar-refractivity contribution in [2.45, 2.75) is 11.4 Å². The number of carbonyl (C=O) groups is 1. The van der Waals surface area contributed by atoms with Crippen molar-refractivity contribution in [2.24, 2.45) is 0 Å². The monoisotopic (exact) mass is 416 g/mol. The summed E-state index contributed by atoms with van der Waals surface area (Å²) in [7, 11) is -0.824. The zero-order valence-electron chi connectivity index (χ0n) is 15.9. The largest absolute Gasteiger partial charge is 0.497 e. The highest BCUT2D eigenvalue weighted by Gasteiger charge is 2.22. The third kappa shape index (κ3) is 4.98. The Morgan fingerprint density at radius 2 is 1.83 bits per heavy atom. The Bertz CT molecular complexity index is 1070. The van der Waals surface area contributed by atoms with Crippen molar-refractivity contribution >= 4 is 15.9 Å². The molecule has 152 valence electrons. The maximum Gasteiger partial charge on any atom is 0.246 e. The third-order valence-electron chi connectivity index (χ3n) is 4.07. The summed E-state index contributed by atoms with van der Waals surface area (Å²) in [6.07, 6.45) is 0. The summed E-state index contributed by atoms with van der Waals surface area (Å²) < 4.78 is 36.1. The fourth-order valence-electron chi connectivity index (χ4n) is 2.47. The first-order valence-electron chi connectivity index (χ1n) is 8.65. The number of methoxy groups -OCH3 is 1. The van der Waals surface area contributed by atoms with E-state index < -0.39 is 15.9 Å². The number of sulfonamides is 1. The highest BCUT2D eigenvalue weighted by molar-refractivity contribution is 7.89. The minimum atomic E-state index is -3.74. The lowest BCUT2D eigenvalue weighted by Crippen LogP contribution is -2.38. The van der Waals surface area contributed by atoms with Crippen LogP contribution in [0.2, 0.25) is 0 Å². The number of carbonyl (C=O) groups excluding carboxylic acids is 1. The van der Waals surface area contributed by atoms with E-state index in [1.165, 1.54) is 19.2 Å². The molecule has 0 radical (unpaired) electrons. The first-order valence-corrected chi connectivity index (χ1v) is 10.1. The van der Waals surface area contributed by atoms with Gasteiger partial charge < -0.3 is 14.6 Å². The minimum absolute atomic E-state index is 0.0127. The second-order valence-corrected chi connectivity index (χ2v) is 8.14. The van der Waals surface area contributed by atoms with Crippen LogP contribution < -0.4 is 10.1 Å². The second-order valence-electron chi connectivity index (χ2n) is 6.09. The van der Waals surface area contributed by atoms with Gasteiger partial charge in [0.1, 0.15) is 5.75 Å². The number of aromatic nitrogens is 2. The summed E-state index contributed by atoms with van der Waals surface area (Å²) in [5.41, 5.74) is 0.737. The number of nitrogens with zero attached hydrogens (tertiary/aromatic N) is 3. The van der Waals surface area contributed by atoms with Gasteiger partial charge in [0.15, 0.2) is 0 Å². The smallest absolute Gasteiger partial charge is 0.246 e. The zero-order valence-corrected chi connectivity index (χ0v) is 16.7. The van der Waals surface area contributed by atoms with Gasteiger partial charge in [-0.3, -0.25) is 4.79 Å². The Morgan fingerprint density at radius 1 is 1.14 bits per heavy atom. The molecule has 10 heteroatoms. The molecule has 0 saturated carbocycles. The van der Waals surface area contributed by atoms with Crippen LogP contribution in [0.5, 0.6) is 5.75 Å². The van der Waals surface area contributed by atoms with Gasteiger partial charge in [-0.25, -0.2) is 8.42 Å². The molecule has 3 rings (SSSR count). The van der Waals surface area contributed by atoms with Crippen LogP contribution in [0.4, 0.5) is 0 Å². The lowest BCUT2D eigenvalue weighted by Gasteiger charge is -2.16. The number of hydrogen-bond acceptors (Lipinski definition) is 7. The van der Waals surface area contributed by atoms with E-state index in [1.54, 1.807) is 49.6 Å². The van der Waals surface area contributed by atoms with Crippen molar-refractivity contribution in [1.82, 2.24) is 19.8 Å². The number of amides is 1. The Morgan fingerprint density at radius 3 is 2.48 bits per heavy atom. The average Bonchev–Trinajstić information content (AvgIpc) is 3.22. The number of nitrogens with one attached hydrogen (secondary N) is 1. The molecule has 0 aliphatic rings. The number of ether oxygens (including phenoxy) is 1. The molecule has 0 aliphatic carbocycles. The summed E-state index contributed by atoms with van der Waals surface area (Å²) in [5.74, 6) is 0.800. The van der Waals surface area contributed by atoms with Gasteiger partial charge in [0.05, 0.1) is 25.1 Å². The number of benzene rings is 2. The van der Waals surface area contributed by atoms with Crippen molar-refractivity contribution < 1.29 is 22.5 Å². The second kappa shape index (κ2) is 8.84. The molecular formula is C19H20N4O5S. The van der Waals surface area contributed by atoms with Crippen LogP contribution in [0.25, 0.3) is 11.4 Å². The summed E-state index contributed by atoms with van der Waals surface area (Å²) in [6, 6.07) is 15.0. The van der Waals surface area contributed by atoms with E-state index in [9.17, 15) is 13.2 Å². The molecule has 1 amide bonds. The van der Waals surface area contributed by atoms with Gasteiger partial charge >= 0.3 is 0 Å². The topological polar surface area (TPSA) is 115 Å². The molecule has 0 fully saturated rings. The average molecular weight is 416 g/mol. The SMILES string of the molecule is COc1ccc(-c2noc(CNC(=O)CN(C)S(=O)(=O)c3ccccc3)n2)cc1. The fourth-order valence-corrected chi connectivity index (χ4v) is 3.62. The van der Waals surface area contributed by atoms with Crippen molar-refractivity contribution in [3.05, 3.63) is 60.5 Å². The zero-order chi connectivity index (χ0) is 20.9. The molecule has 0 spiro atoms. The van der Waals surface area contributed by atoms with E-state index in [1.807, 2.05) is 0 Å². The van der Waals surface area contributed by atoms with E-state index in [0.717, 1.165) is 9.87 Å². The van der Waals surface area contributed by atoms with Crippen LogP contribution in [0, 0.1) is 0 Å². The van der Waals surface area contributed by atoms with Crippen LogP contribution in [0.1, 0.15) is 5.89 Å². The predicted octanol–water partition coefficient (Wildman–Crippen LogP) is 1.68. The minimum Gasteiger partial charge on any atom is -0.497 e. The summed E-state index contributed by atoms with van der Waals surface area (Å²) in [5, 5.41) is 6.45. The molecule has 3 aromatic rings. The van der Waals surface area contributed by atoms with Crippen molar-refractivity contribution in [3.8, 4) is 17.1 Å². The standard InChI is InChI=1S/C19H20N4O5S/c1-23(29(25,26)16-6-4-3-5-7-16)13-17(24)20-12-18-21-19(22-28-18)14-8-10-15(27-2)11-9-14/h3-11H,12-13H2,1-2H3,(H,20,24). The molecule has 29 heavy (non-hydrogen) atoms. The molecule has 0 atom stereocenters. The lowest BCUT2D eigenvalue weighted by atomic mass is 10.2. The van der Waals surface area contributed by atoms with Crippen LogP contribution in [0.15, 0.2) is 64.0 Å². The highest BCUT2D eigenvalue weighted by Crippen LogP contribution is 2.19.